The van der Waals surface area contributed by atoms with Gasteiger partial charge < -0.3 is 10.6 Å². The van der Waals surface area contributed by atoms with Crippen LogP contribution in [0, 0.1) is 0 Å². The van der Waals surface area contributed by atoms with E-state index in [4.69, 9.17) is 0 Å². The van der Waals surface area contributed by atoms with Crippen molar-refractivity contribution in [2.45, 2.75) is 46.1 Å². The van der Waals surface area contributed by atoms with E-state index < -0.39 is 0 Å². The predicted octanol–water partition coefficient (Wildman–Crippen LogP) is 3.61. The second kappa shape index (κ2) is 7.33. The van der Waals surface area contributed by atoms with Crippen molar-refractivity contribution in [1.82, 2.24) is 5.32 Å². The molecule has 0 saturated heterocycles. The van der Waals surface area contributed by atoms with Crippen LogP contribution in [0.25, 0.3) is 0 Å². The molecule has 2 nitrogen and oxygen atoms in total. The minimum absolute atomic E-state index is 0.560. The number of hydrogen-bond acceptors (Lipinski definition) is 2. The summed E-state index contributed by atoms with van der Waals surface area (Å²) < 4.78 is 0. The Morgan fingerprint density at radius 2 is 1.65 bits per heavy atom. The van der Waals surface area contributed by atoms with Crippen molar-refractivity contribution < 1.29 is 0 Å². The van der Waals surface area contributed by atoms with Gasteiger partial charge in [0.2, 0.25) is 0 Å². The van der Waals surface area contributed by atoms with Gasteiger partial charge in [0.15, 0.2) is 0 Å². The lowest BCUT2D eigenvalue weighted by Gasteiger charge is -2.12. The Hall–Kier alpha value is -1.02. The van der Waals surface area contributed by atoms with Crippen molar-refractivity contribution in [2.75, 3.05) is 18.4 Å². The fraction of sp³-hybridized carbons (Fsp3) is 0.600. The van der Waals surface area contributed by atoms with Crippen LogP contribution in [0.2, 0.25) is 0 Å². The van der Waals surface area contributed by atoms with Gasteiger partial charge in [0.1, 0.15) is 0 Å². The molecule has 17 heavy (non-hydrogen) atoms. The van der Waals surface area contributed by atoms with Gasteiger partial charge in [-0.1, -0.05) is 39.8 Å². The Balaban J connectivity index is 2.35. The Morgan fingerprint density at radius 3 is 2.18 bits per heavy atom. The van der Waals surface area contributed by atoms with Gasteiger partial charge in [-0.05, 0) is 30.0 Å². The van der Waals surface area contributed by atoms with Crippen LogP contribution in [0.15, 0.2) is 24.3 Å². The van der Waals surface area contributed by atoms with E-state index in [1.54, 1.807) is 0 Å². The zero-order valence-electron chi connectivity index (χ0n) is 11.6. The molecule has 1 unspecified atom stereocenters. The monoisotopic (exact) mass is 234 g/mol. The molecule has 0 fully saturated rings. The van der Waals surface area contributed by atoms with E-state index in [0.29, 0.717) is 12.0 Å². The molecule has 0 aromatic heterocycles. The van der Waals surface area contributed by atoms with E-state index in [-0.39, 0.29) is 0 Å². The highest BCUT2D eigenvalue weighted by atomic mass is 15.0. The number of hydrogen-bond donors (Lipinski definition) is 2. The standard InChI is InChI=1S/C15H26N2/c1-5-13(4)14-6-8-15(9-7-14)17-11-10-16-12(2)3/h6-9,12-13,16-17H,5,10-11H2,1-4H3. The van der Waals surface area contributed by atoms with Crippen LogP contribution in [0.4, 0.5) is 5.69 Å². The molecule has 0 aliphatic rings. The third kappa shape index (κ3) is 5.22. The SMILES string of the molecule is CCC(C)c1ccc(NCCNC(C)C)cc1. The van der Waals surface area contributed by atoms with Crippen molar-refractivity contribution in [3.05, 3.63) is 29.8 Å². The first-order valence-corrected chi connectivity index (χ1v) is 6.70. The Labute approximate surface area is 106 Å². The average molecular weight is 234 g/mol. The summed E-state index contributed by atoms with van der Waals surface area (Å²) in [4.78, 5) is 0. The van der Waals surface area contributed by atoms with Crippen LogP contribution in [0.3, 0.4) is 0 Å². The van der Waals surface area contributed by atoms with Crippen LogP contribution in [0.1, 0.15) is 45.6 Å². The molecule has 0 bridgehead atoms. The summed E-state index contributed by atoms with van der Waals surface area (Å²) in [6.07, 6.45) is 1.20. The Bertz CT molecular complexity index is 303. The van der Waals surface area contributed by atoms with Crippen LogP contribution < -0.4 is 10.6 Å². The summed E-state index contributed by atoms with van der Waals surface area (Å²) in [5.74, 6) is 0.659. The molecule has 1 aromatic carbocycles. The smallest absolute Gasteiger partial charge is 0.0340 e. The summed E-state index contributed by atoms with van der Waals surface area (Å²) in [5, 5.41) is 6.81. The summed E-state index contributed by atoms with van der Waals surface area (Å²) >= 11 is 0. The first-order chi connectivity index (χ1) is 8.13. The molecule has 96 valence electrons. The number of rotatable bonds is 7. The molecule has 2 N–H and O–H groups in total. The molecular weight excluding hydrogens is 208 g/mol. The van der Waals surface area contributed by atoms with Gasteiger partial charge >= 0.3 is 0 Å². The van der Waals surface area contributed by atoms with Gasteiger partial charge in [-0.2, -0.15) is 0 Å². The molecular formula is C15H26N2. The highest BCUT2D eigenvalue weighted by Crippen LogP contribution is 2.20. The first kappa shape index (κ1) is 14.0. The maximum Gasteiger partial charge on any atom is 0.0340 e. The maximum atomic E-state index is 3.42. The Kier molecular flexibility index (Phi) is 6.06. The van der Waals surface area contributed by atoms with Gasteiger partial charge in [-0.15, -0.1) is 0 Å². The minimum Gasteiger partial charge on any atom is -0.384 e. The third-order valence-corrected chi connectivity index (χ3v) is 3.10. The lowest BCUT2D eigenvalue weighted by atomic mass is 9.99. The van der Waals surface area contributed by atoms with Crippen molar-refractivity contribution in [2.24, 2.45) is 0 Å². The van der Waals surface area contributed by atoms with Crippen molar-refractivity contribution in [3.63, 3.8) is 0 Å². The van der Waals surface area contributed by atoms with Gasteiger partial charge in [0, 0.05) is 24.8 Å². The quantitative estimate of drug-likeness (QED) is 0.704. The summed E-state index contributed by atoms with van der Waals surface area (Å²) in [6.45, 7) is 10.8. The zero-order valence-corrected chi connectivity index (χ0v) is 11.6. The highest BCUT2D eigenvalue weighted by molar-refractivity contribution is 5.45. The van der Waals surface area contributed by atoms with Gasteiger partial charge in [-0.3, -0.25) is 0 Å². The molecule has 0 saturated carbocycles. The lowest BCUT2D eigenvalue weighted by Crippen LogP contribution is -2.28. The van der Waals surface area contributed by atoms with Crippen molar-refractivity contribution in [3.8, 4) is 0 Å². The first-order valence-electron chi connectivity index (χ1n) is 6.70. The van der Waals surface area contributed by atoms with E-state index in [1.165, 1.54) is 17.7 Å². The van der Waals surface area contributed by atoms with Crippen LogP contribution in [0.5, 0.6) is 0 Å². The summed E-state index contributed by atoms with van der Waals surface area (Å²) in [5.41, 5.74) is 2.64. The van der Waals surface area contributed by atoms with Crippen molar-refractivity contribution in [1.29, 1.82) is 0 Å². The molecule has 2 heteroatoms. The van der Waals surface area contributed by atoms with Gasteiger partial charge in [-0.25, -0.2) is 0 Å². The van der Waals surface area contributed by atoms with E-state index in [0.717, 1.165) is 13.1 Å². The fourth-order valence-electron chi connectivity index (χ4n) is 1.73. The molecule has 1 rings (SSSR count). The van der Waals surface area contributed by atoms with Gasteiger partial charge in [0.25, 0.3) is 0 Å². The third-order valence-electron chi connectivity index (χ3n) is 3.10. The second-order valence-electron chi connectivity index (χ2n) is 4.97. The molecule has 0 radical (unpaired) electrons. The highest BCUT2D eigenvalue weighted by Gasteiger charge is 2.01. The molecule has 0 aliphatic heterocycles. The predicted molar refractivity (Wildman–Crippen MR) is 76.8 cm³/mol. The van der Waals surface area contributed by atoms with Crippen LogP contribution >= 0.6 is 0 Å². The number of anilines is 1. The molecule has 1 aromatic rings. The van der Waals surface area contributed by atoms with E-state index in [1.807, 2.05) is 0 Å². The number of nitrogens with one attached hydrogen (secondary N) is 2. The number of benzene rings is 1. The van der Waals surface area contributed by atoms with E-state index in [9.17, 15) is 0 Å². The van der Waals surface area contributed by atoms with E-state index in [2.05, 4.69) is 62.6 Å². The largest absolute Gasteiger partial charge is 0.384 e. The minimum atomic E-state index is 0.560. The van der Waals surface area contributed by atoms with Crippen molar-refractivity contribution >= 4 is 5.69 Å². The van der Waals surface area contributed by atoms with E-state index >= 15 is 0 Å². The topological polar surface area (TPSA) is 24.1 Å². The molecule has 1 atom stereocenters. The normalized spacial score (nSPS) is 12.8. The fourth-order valence-corrected chi connectivity index (χ4v) is 1.73. The molecule has 0 spiro atoms. The summed E-state index contributed by atoms with van der Waals surface area (Å²) in [7, 11) is 0. The van der Waals surface area contributed by atoms with Crippen LogP contribution in [-0.2, 0) is 0 Å². The molecule has 0 amide bonds. The molecule has 0 heterocycles. The van der Waals surface area contributed by atoms with Gasteiger partial charge in [0.05, 0.1) is 0 Å². The molecule has 0 aliphatic carbocycles. The zero-order chi connectivity index (χ0) is 12.7. The summed E-state index contributed by atoms with van der Waals surface area (Å²) in [6, 6.07) is 9.37. The maximum absolute atomic E-state index is 3.42. The second-order valence-corrected chi connectivity index (χ2v) is 4.97. The average Bonchev–Trinajstić information content (AvgIpc) is 2.34. The lowest BCUT2D eigenvalue weighted by molar-refractivity contribution is 0.602. The van der Waals surface area contributed by atoms with Crippen LogP contribution in [-0.4, -0.2) is 19.1 Å². The Morgan fingerprint density at radius 1 is 1.00 bits per heavy atom.